The summed E-state index contributed by atoms with van der Waals surface area (Å²) in [5.41, 5.74) is 3.02. The van der Waals surface area contributed by atoms with Gasteiger partial charge in [0.2, 0.25) is 0 Å². The van der Waals surface area contributed by atoms with E-state index in [-0.39, 0.29) is 29.2 Å². The maximum atomic E-state index is 13.0. The second-order valence-electron chi connectivity index (χ2n) is 9.98. The maximum absolute atomic E-state index is 13.0. The lowest BCUT2D eigenvalue weighted by Gasteiger charge is -2.31. The van der Waals surface area contributed by atoms with Crippen LogP contribution in [0.4, 0.5) is 5.69 Å². The number of benzene rings is 3. The number of likely N-dealkylation sites (tertiary alicyclic amines) is 1. The molecule has 5 rings (SSSR count). The summed E-state index contributed by atoms with van der Waals surface area (Å²) < 4.78 is 11.0. The predicted octanol–water partition coefficient (Wildman–Crippen LogP) is 6.18. The summed E-state index contributed by atoms with van der Waals surface area (Å²) in [6.45, 7) is 3.00. The highest BCUT2D eigenvalue weighted by Crippen LogP contribution is 2.26. The van der Waals surface area contributed by atoms with Crippen LogP contribution in [0.3, 0.4) is 0 Å². The normalized spacial score (nSPS) is 13.4. The van der Waals surface area contributed by atoms with Gasteiger partial charge in [-0.15, -0.1) is 0 Å². The number of amides is 2. The first kappa shape index (κ1) is 27.6. The standard InChI is InChI=1S/C33H31N3O5/c1-22-3-5-23(6-4-22)31(37)24-17-19-36(20-18-24)33(39)25-7-16-30(34-21-25)32(38)35-26-8-10-28(11-9-26)41-29-14-12-27(40-2)13-15-29/h3-16,21,24H,17-20H2,1-2H3,(H,35,38). The molecule has 1 aliphatic heterocycles. The van der Waals surface area contributed by atoms with E-state index in [0.29, 0.717) is 48.7 Å². The van der Waals surface area contributed by atoms with Crippen LogP contribution in [-0.4, -0.2) is 47.7 Å². The molecule has 41 heavy (non-hydrogen) atoms. The van der Waals surface area contributed by atoms with E-state index in [4.69, 9.17) is 9.47 Å². The Morgan fingerprint density at radius 3 is 1.95 bits per heavy atom. The van der Waals surface area contributed by atoms with E-state index in [1.54, 1.807) is 42.3 Å². The number of carbonyl (C=O) groups excluding carboxylic acids is 3. The molecule has 2 heterocycles. The lowest BCUT2D eigenvalue weighted by atomic mass is 9.88. The number of ether oxygens (including phenoxy) is 2. The molecule has 0 unspecified atom stereocenters. The number of carbonyl (C=O) groups is 3. The fourth-order valence-corrected chi connectivity index (χ4v) is 4.72. The van der Waals surface area contributed by atoms with Crippen LogP contribution in [0.1, 0.15) is 49.6 Å². The number of piperidine rings is 1. The van der Waals surface area contributed by atoms with Gasteiger partial charge in [-0.05, 0) is 80.4 Å². The molecule has 0 radical (unpaired) electrons. The Labute approximate surface area is 238 Å². The number of anilines is 1. The fraction of sp³-hybridized carbons (Fsp3) is 0.212. The number of rotatable bonds is 8. The average Bonchev–Trinajstić information content (AvgIpc) is 3.02. The molecule has 0 saturated carbocycles. The highest BCUT2D eigenvalue weighted by molar-refractivity contribution is 6.03. The van der Waals surface area contributed by atoms with Crippen LogP contribution < -0.4 is 14.8 Å². The second kappa shape index (κ2) is 12.5. The lowest BCUT2D eigenvalue weighted by Crippen LogP contribution is -2.40. The van der Waals surface area contributed by atoms with Crippen LogP contribution in [0.5, 0.6) is 17.2 Å². The Balaban J connectivity index is 1.12. The minimum absolute atomic E-state index is 0.0889. The highest BCUT2D eigenvalue weighted by atomic mass is 16.5. The van der Waals surface area contributed by atoms with Gasteiger partial charge < -0.3 is 19.7 Å². The van der Waals surface area contributed by atoms with Crippen LogP contribution in [0.15, 0.2) is 91.1 Å². The summed E-state index contributed by atoms with van der Waals surface area (Å²) in [5, 5.41) is 2.81. The molecule has 8 nitrogen and oxygen atoms in total. The molecule has 1 aromatic heterocycles. The number of aryl methyl sites for hydroxylation is 1. The molecule has 208 valence electrons. The second-order valence-corrected chi connectivity index (χ2v) is 9.98. The number of ketones is 1. The lowest BCUT2D eigenvalue weighted by molar-refractivity contribution is 0.0650. The van der Waals surface area contributed by atoms with E-state index in [0.717, 1.165) is 16.9 Å². The van der Waals surface area contributed by atoms with Crippen molar-refractivity contribution in [1.82, 2.24) is 9.88 Å². The molecule has 1 fully saturated rings. The number of aromatic nitrogens is 1. The first-order valence-corrected chi connectivity index (χ1v) is 13.5. The van der Waals surface area contributed by atoms with Crippen LogP contribution in [0.25, 0.3) is 0 Å². The molecule has 1 aliphatic rings. The molecule has 2 amide bonds. The summed E-state index contributed by atoms with van der Waals surface area (Å²) in [6, 6.07) is 25.0. The third-order valence-corrected chi connectivity index (χ3v) is 7.14. The van der Waals surface area contributed by atoms with Crippen molar-refractivity contribution in [3.05, 3.63) is 114 Å². The number of hydrogen-bond acceptors (Lipinski definition) is 6. The first-order valence-electron chi connectivity index (χ1n) is 13.5. The van der Waals surface area contributed by atoms with Crippen molar-refractivity contribution in [1.29, 1.82) is 0 Å². The average molecular weight is 550 g/mol. The van der Waals surface area contributed by atoms with E-state index in [1.807, 2.05) is 55.5 Å². The number of nitrogens with one attached hydrogen (secondary N) is 1. The molecule has 0 aliphatic carbocycles. The van der Waals surface area contributed by atoms with Crippen molar-refractivity contribution in [2.75, 3.05) is 25.5 Å². The van der Waals surface area contributed by atoms with Crippen molar-refractivity contribution < 1.29 is 23.9 Å². The Morgan fingerprint density at radius 2 is 1.37 bits per heavy atom. The molecule has 4 aromatic rings. The zero-order chi connectivity index (χ0) is 28.8. The first-order chi connectivity index (χ1) is 19.9. The van der Waals surface area contributed by atoms with Crippen LogP contribution in [0, 0.1) is 12.8 Å². The smallest absolute Gasteiger partial charge is 0.274 e. The van der Waals surface area contributed by atoms with Crippen molar-refractivity contribution in [2.45, 2.75) is 19.8 Å². The molecular weight excluding hydrogens is 518 g/mol. The molecular formula is C33H31N3O5. The van der Waals surface area contributed by atoms with Gasteiger partial charge >= 0.3 is 0 Å². The Hall–Kier alpha value is -4.98. The van der Waals surface area contributed by atoms with Crippen LogP contribution in [-0.2, 0) is 0 Å². The highest BCUT2D eigenvalue weighted by Gasteiger charge is 2.28. The van der Waals surface area contributed by atoms with Crippen molar-refractivity contribution in [3.63, 3.8) is 0 Å². The summed E-state index contributed by atoms with van der Waals surface area (Å²) in [6.07, 6.45) is 2.67. The fourth-order valence-electron chi connectivity index (χ4n) is 4.72. The van der Waals surface area contributed by atoms with Crippen molar-refractivity contribution in [2.24, 2.45) is 5.92 Å². The van der Waals surface area contributed by atoms with Crippen molar-refractivity contribution >= 4 is 23.3 Å². The number of nitrogens with zero attached hydrogens (tertiary/aromatic N) is 2. The quantitative estimate of drug-likeness (QED) is 0.264. The van der Waals surface area contributed by atoms with Crippen LogP contribution >= 0.6 is 0 Å². The van der Waals surface area contributed by atoms with Gasteiger partial charge in [0.25, 0.3) is 11.8 Å². The summed E-state index contributed by atoms with van der Waals surface area (Å²) in [4.78, 5) is 44.6. The molecule has 3 aromatic carbocycles. The zero-order valence-electron chi connectivity index (χ0n) is 23.0. The van der Waals surface area contributed by atoms with Gasteiger partial charge in [0.1, 0.15) is 22.9 Å². The minimum Gasteiger partial charge on any atom is -0.497 e. The van der Waals surface area contributed by atoms with Gasteiger partial charge in [-0.2, -0.15) is 0 Å². The Bertz CT molecular complexity index is 1510. The number of pyridine rings is 1. The van der Waals surface area contributed by atoms with E-state index in [9.17, 15) is 14.4 Å². The predicted molar refractivity (Wildman–Crippen MR) is 156 cm³/mol. The van der Waals surface area contributed by atoms with E-state index in [1.165, 1.54) is 12.3 Å². The third kappa shape index (κ3) is 6.78. The maximum Gasteiger partial charge on any atom is 0.274 e. The topological polar surface area (TPSA) is 97.8 Å². The molecule has 0 spiro atoms. The molecule has 1 saturated heterocycles. The zero-order valence-corrected chi connectivity index (χ0v) is 23.0. The number of Topliss-reactive ketones (excluding diaryl/α,β-unsaturated/α-hetero) is 1. The van der Waals surface area contributed by atoms with Gasteiger partial charge in [-0.1, -0.05) is 29.8 Å². The molecule has 0 bridgehead atoms. The SMILES string of the molecule is COc1ccc(Oc2ccc(NC(=O)c3ccc(C(=O)N4CCC(C(=O)c5ccc(C)cc5)CC4)cn3)cc2)cc1. The third-order valence-electron chi connectivity index (χ3n) is 7.14. The Morgan fingerprint density at radius 1 is 0.780 bits per heavy atom. The van der Waals surface area contributed by atoms with E-state index in [2.05, 4.69) is 10.3 Å². The van der Waals surface area contributed by atoms with Gasteiger partial charge in [-0.3, -0.25) is 19.4 Å². The summed E-state index contributed by atoms with van der Waals surface area (Å²) >= 11 is 0. The van der Waals surface area contributed by atoms with Crippen molar-refractivity contribution in [3.8, 4) is 17.2 Å². The van der Waals surface area contributed by atoms with Gasteiger partial charge in [0, 0.05) is 36.5 Å². The van der Waals surface area contributed by atoms with Gasteiger partial charge in [0.05, 0.1) is 12.7 Å². The molecule has 8 heteroatoms. The minimum atomic E-state index is -0.386. The van der Waals surface area contributed by atoms with Crippen LogP contribution in [0.2, 0.25) is 0 Å². The monoisotopic (exact) mass is 549 g/mol. The molecule has 0 atom stereocenters. The van der Waals surface area contributed by atoms with Gasteiger partial charge in [-0.25, -0.2) is 0 Å². The summed E-state index contributed by atoms with van der Waals surface area (Å²) in [5.74, 6) is 1.54. The van der Waals surface area contributed by atoms with Gasteiger partial charge in [0.15, 0.2) is 5.78 Å². The summed E-state index contributed by atoms with van der Waals surface area (Å²) in [7, 11) is 1.61. The van der Waals surface area contributed by atoms with E-state index < -0.39 is 0 Å². The largest absolute Gasteiger partial charge is 0.497 e. The number of hydrogen-bond donors (Lipinski definition) is 1. The molecule has 1 N–H and O–H groups in total. The van der Waals surface area contributed by atoms with E-state index >= 15 is 0 Å². The number of methoxy groups -OCH3 is 1. The Kier molecular flexibility index (Phi) is 8.39.